The summed E-state index contributed by atoms with van der Waals surface area (Å²) >= 11 is 0. The first-order valence-corrected chi connectivity index (χ1v) is 10.3. The Balaban J connectivity index is 2.26. The lowest BCUT2D eigenvalue weighted by atomic mass is 10.1. The van der Waals surface area contributed by atoms with Crippen molar-refractivity contribution in [1.29, 1.82) is 0 Å². The fourth-order valence-electron chi connectivity index (χ4n) is 2.25. The van der Waals surface area contributed by atoms with Crippen LogP contribution in [0.15, 0.2) is 24.5 Å². The van der Waals surface area contributed by atoms with E-state index in [0.717, 1.165) is 0 Å². The SMILES string of the molecule is CCCCCCCC[Si](C)(C)c1cccnc1. The molecule has 1 heterocycles. The number of hydrogen-bond acceptors (Lipinski definition) is 1. The third-order valence-electron chi connectivity index (χ3n) is 3.60. The Morgan fingerprint density at radius 3 is 2.41 bits per heavy atom. The normalized spacial score (nSPS) is 11.7. The highest BCUT2D eigenvalue weighted by molar-refractivity contribution is 6.89. The molecule has 1 nitrogen and oxygen atoms in total. The third kappa shape index (κ3) is 5.49. The zero-order valence-electron chi connectivity index (χ0n) is 11.7. The van der Waals surface area contributed by atoms with E-state index in [9.17, 15) is 0 Å². The Bertz CT molecular complexity index is 295. The summed E-state index contributed by atoms with van der Waals surface area (Å²) in [5, 5.41) is 1.51. The quantitative estimate of drug-likeness (QED) is 0.493. The molecule has 0 unspecified atom stereocenters. The lowest BCUT2D eigenvalue weighted by Gasteiger charge is -2.22. The summed E-state index contributed by atoms with van der Waals surface area (Å²) in [7, 11) is -1.21. The van der Waals surface area contributed by atoms with Crippen molar-refractivity contribution in [2.45, 2.75) is 64.6 Å². The fourth-order valence-corrected chi connectivity index (χ4v) is 4.65. The maximum Gasteiger partial charge on any atom is 0.0826 e. The van der Waals surface area contributed by atoms with Crippen LogP contribution in [-0.4, -0.2) is 13.1 Å². The van der Waals surface area contributed by atoms with Crippen LogP contribution in [0.25, 0.3) is 0 Å². The first-order valence-electron chi connectivity index (χ1n) is 7.07. The first kappa shape index (κ1) is 14.4. The Hall–Kier alpha value is -0.633. The summed E-state index contributed by atoms with van der Waals surface area (Å²) in [6, 6.07) is 5.74. The average molecular weight is 249 g/mol. The Morgan fingerprint density at radius 2 is 1.76 bits per heavy atom. The molecule has 0 aliphatic carbocycles. The molecule has 0 spiro atoms. The van der Waals surface area contributed by atoms with Crippen molar-refractivity contribution in [3.8, 4) is 0 Å². The van der Waals surface area contributed by atoms with Crippen LogP contribution in [0, 0.1) is 0 Å². The number of hydrogen-bond donors (Lipinski definition) is 0. The zero-order valence-corrected chi connectivity index (χ0v) is 12.7. The monoisotopic (exact) mass is 249 g/mol. The summed E-state index contributed by atoms with van der Waals surface area (Å²) in [5.74, 6) is 0. The van der Waals surface area contributed by atoms with E-state index in [1.807, 2.05) is 6.20 Å². The van der Waals surface area contributed by atoms with Crippen molar-refractivity contribution in [2.75, 3.05) is 0 Å². The molecule has 0 radical (unpaired) electrons. The van der Waals surface area contributed by atoms with E-state index in [1.54, 1.807) is 0 Å². The lowest BCUT2D eigenvalue weighted by molar-refractivity contribution is 0.623. The van der Waals surface area contributed by atoms with Gasteiger partial charge in [-0.05, 0) is 11.3 Å². The maximum absolute atomic E-state index is 4.25. The van der Waals surface area contributed by atoms with Gasteiger partial charge in [0.05, 0.1) is 8.07 Å². The van der Waals surface area contributed by atoms with Crippen molar-refractivity contribution < 1.29 is 0 Å². The molecule has 1 rings (SSSR count). The molecule has 17 heavy (non-hydrogen) atoms. The second-order valence-electron chi connectivity index (χ2n) is 5.64. The smallest absolute Gasteiger partial charge is 0.0826 e. The van der Waals surface area contributed by atoms with Crippen LogP contribution in [-0.2, 0) is 0 Å². The summed E-state index contributed by atoms with van der Waals surface area (Å²) < 4.78 is 0. The van der Waals surface area contributed by atoms with Gasteiger partial charge in [0.15, 0.2) is 0 Å². The van der Waals surface area contributed by atoms with Crippen molar-refractivity contribution in [3.63, 3.8) is 0 Å². The van der Waals surface area contributed by atoms with Gasteiger partial charge in [-0.25, -0.2) is 0 Å². The van der Waals surface area contributed by atoms with Crippen molar-refractivity contribution in [1.82, 2.24) is 4.98 Å². The molecule has 1 aromatic rings. The molecular weight excluding hydrogens is 222 g/mol. The predicted molar refractivity (Wildman–Crippen MR) is 79.5 cm³/mol. The molecule has 96 valence electrons. The van der Waals surface area contributed by atoms with Crippen LogP contribution in [0.5, 0.6) is 0 Å². The largest absolute Gasteiger partial charge is 0.265 e. The molecule has 0 saturated heterocycles. The molecule has 0 aliphatic rings. The van der Waals surface area contributed by atoms with Crippen molar-refractivity contribution in [2.24, 2.45) is 0 Å². The first-order chi connectivity index (χ1) is 8.17. The molecule has 2 heteroatoms. The number of pyridine rings is 1. The molecule has 0 atom stereocenters. The van der Waals surface area contributed by atoms with Gasteiger partial charge >= 0.3 is 0 Å². The summed E-state index contributed by atoms with van der Waals surface area (Å²) in [5.41, 5.74) is 0. The van der Waals surface area contributed by atoms with Crippen LogP contribution >= 0.6 is 0 Å². The molecular formula is C15H27NSi. The van der Waals surface area contributed by atoms with E-state index in [-0.39, 0.29) is 0 Å². The van der Waals surface area contributed by atoms with Crippen LogP contribution in [0.4, 0.5) is 0 Å². The molecule has 0 amide bonds. The van der Waals surface area contributed by atoms with Gasteiger partial charge in [-0.1, -0.05) is 70.7 Å². The standard InChI is InChI=1S/C15H27NSi/c1-4-5-6-7-8-9-13-17(2,3)15-11-10-12-16-14-15/h10-12,14H,4-9,13H2,1-3H3. The summed E-state index contributed by atoms with van der Waals surface area (Å²) in [6.07, 6.45) is 12.4. The Morgan fingerprint density at radius 1 is 1.06 bits per heavy atom. The van der Waals surface area contributed by atoms with Crippen LogP contribution in [0.3, 0.4) is 0 Å². The second kappa shape index (κ2) is 7.65. The molecule has 0 fully saturated rings. The van der Waals surface area contributed by atoms with Gasteiger partial charge in [0, 0.05) is 12.4 Å². The van der Waals surface area contributed by atoms with Gasteiger partial charge in [-0.3, -0.25) is 4.98 Å². The average Bonchev–Trinajstić information content (AvgIpc) is 2.35. The van der Waals surface area contributed by atoms with Crippen LogP contribution in [0.2, 0.25) is 19.1 Å². The van der Waals surface area contributed by atoms with Gasteiger partial charge in [-0.2, -0.15) is 0 Å². The highest BCUT2D eigenvalue weighted by Gasteiger charge is 2.22. The van der Waals surface area contributed by atoms with E-state index >= 15 is 0 Å². The highest BCUT2D eigenvalue weighted by atomic mass is 28.3. The Labute approximate surface area is 108 Å². The topological polar surface area (TPSA) is 12.9 Å². The summed E-state index contributed by atoms with van der Waals surface area (Å²) in [6.45, 7) is 7.21. The van der Waals surface area contributed by atoms with Crippen molar-refractivity contribution in [3.05, 3.63) is 24.5 Å². The minimum absolute atomic E-state index is 1.21. The van der Waals surface area contributed by atoms with E-state index < -0.39 is 8.07 Å². The van der Waals surface area contributed by atoms with Crippen LogP contribution < -0.4 is 5.19 Å². The predicted octanol–water partition coefficient (Wildman–Crippen LogP) is 4.36. The van der Waals surface area contributed by atoms with Gasteiger partial charge in [0.25, 0.3) is 0 Å². The van der Waals surface area contributed by atoms with E-state index in [4.69, 9.17) is 0 Å². The molecule has 0 bridgehead atoms. The fraction of sp³-hybridized carbons (Fsp3) is 0.667. The number of rotatable bonds is 8. The zero-order chi connectivity index (χ0) is 12.6. The number of nitrogens with zero attached hydrogens (tertiary/aromatic N) is 1. The van der Waals surface area contributed by atoms with E-state index in [2.05, 4.69) is 43.3 Å². The van der Waals surface area contributed by atoms with Crippen LogP contribution in [0.1, 0.15) is 45.4 Å². The minimum Gasteiger partial charge on any atom is -0.265 e. The molecule has 1 aromatic heterocycles. The molecule has 0 N–H and O–H groups in total. The molecule has 0 saturated carbocycles. The molecule has 0 aliphatic heterocycles. The van der Waals surface area contributed by atoms with Gasteiger partial charge in [0.2, 0.25) is 0 Å². The molecule has 0 aromatic carbocycles. The number of unbranched alkanes of at least 4 members (excludes halogenated alkanes) is 5. The van der Waals surface area contributed by atoms with Crippen molar-refractivity contribution >= 4 is 13.3 Å². The summed E-state index contributed by atoms with van der Waals surface area (Å²) in [4.78, 5) is 4.25. The Kier molecular flexibility index (Phi) is 6.49. The number of aromatic nitrogens is 1. The van der Waals surface area contributed by atoms with Gasteiger partial charge in [0.1, 0.15) is 0 Å². The van der Waals surface area contributed by atoms with Gasteiger partial charge < -0.3 is 0 Å². The second-order valence-corrected chi connectivity index (χ2v) is 10.5. The highest BCUT2D eigenvalue weighted by Crippen LogP contribution is 2.16. The lowest BCUT2D eigenvalue weighted by Crippen LogP contribution is -2.41. The maximum atomic E-state index is 4.25. The van der Waals surface area contributed by atoms with E-state index in [0.29, 0.717) is 0 Å². The third-order valence-corrected chi connectivity index (χ3v) is 7.06. The van der Waals surface area contributed by atoms with E-state index in [1.165, 1.54) is 49.8 Å². The minimum atomic E-state index is -1.21. The van der Waals surface area contributed by atoms with Gasteiger partial charge in [-0.15, -0.1) is 0 Å².